The Morgan fingerprint density at radius 1 is 1.21 bits per heavy atom. The normalized spacial score (nSPS) is 12.6. The zero-order valence-corrected chi connectivity index (χ0v) is 8.07. The Morgan fingerprint density at radius 2 is 1.71 bits per heavy atom. The molecule has 0 fully saturated rings. The van der Waals surface area contributed by atoms with Crippen LogP contribution >= 0.6 is 0 Å². The fourth-order valence-corrected chi connectivity index (χ4v) is 1.03. The van der Waals surface area contributed by atoms with Crippen LogP contribution in [0.1, 0.15) is 20.3 Å². The molecule has 0 aliphatic carbocycles. The van der Waals surface area contributed by atoms with Crippen LogP contribution < -0.4 is 5.32 Å². The first-order valence-electron chi connectivity index (χ1n) is 4.45. The minimum Gasteiger partial charge on any atom is -0.382 e. The first kappa shape index (κ1) is 10.9. The van der Waals surface area contributed by atoms with Crippen molar-refractivity contribution in [1.29, 1.82) is 0 Å². The molecule has 0 aromatic heterocycles. The quantitative estimate of drug-likeness (QED) is 0.743. The van der Waals surface area contributed by atoms with Gasteiger partial charge in [-0.1, -0.05) is 6.92 Å². The predicted octanol–water partition coefficient (Wildman–Crippen LogP) is 3.31. The van der Waals surface area contributed by atoms with Crippen LogP contribution in [0.4, 0.5) is 18.9 Å². The summed E-state index contributed by atoms with van der Waals surface area (Å²) in [5.41, 5.74) is 0.260. The Balaban J connectivity index is 2.89. The summed E-state index contributed by atoms with van der Waals surface area (Å²) in [4.78, 5) is 0. The van der Waals surface area contributed by atoms with Gasteiger partial charge >= 0.3 is 0 Å². The summed E-state index contributed by atoms with van der Waals surface area (Å²) in [7, 11) is 0. The van der Waals surface area contributed by atoms with Crippen LogP contribution in [-0.2, 0) is 0 Å². The lowest BCUT2D eigenvalue weighted by Gasteiger charge is -2.13. The maximum absolute atomic E-state index is 12.7. The van der Waals surface area contributed by atoms with Crippen molar-refractivity contribution in [2.45, 2.75) is 26.3 Å². The van der Waals surface area contributed by atoms with Crippen molar-refractivity contribution < 1.29 is 13.2 Å². The molecule has 0 amide bonds. The Kier molecular flexibility index (Phi) is 3.38. The molecule has 0 aliphatic heterocycles. The number of hydrogen-bond donors (Lipinski definition) is 1. The molecular formula is C10H12F3N. The summed E-state index contributed by atoms with van der Waals surface area (Å²) >= 11 is 0. The van der Waals surface area contributed by atoms with Crippen molar-refractivity contribution in [3.05, 3.63) is 29.6 Å². The lowest BCUT2D eigenvalue weighted by Crippen LogP contribution is -2.14. The van der Waals surface area contributed by atoms with Crippen LogP contribution in [0.3, 0.4) is 0 Å². The second-order valence-electron chi connectivity index (χ2n) is 3.21. The summed E-state index contributed by atoms with van der Waals surface area (Å²) in [6, 6.07) is 1.99. The van der Waals surface area contributed by atoms with Crippen molar-refractivity contribution in [2.24, 2.45) is 0 Å². The number of rotatable bonds is 3. The highest BCUT2D eigenvalue weighted by Crippen LogP contribution is 2.18. The molecule has 1 aromatic rings. The van der Waals surface area contributed by atoms with E-state index in [2.05, 4.69) is 5.32 Å². The van der Waals surface area contributed by atoms with Crippen LogP contribution in [0.5, 0.6) is 0 Å². The molecule has 0 saturated carbocycles. The van der Waals surface area contributed by atoms with Gasteiger partial charge in [0.2, 0.25) is 0 Å². The third-order valence-corrected chi connectivity index (χ3v) is 2.01. The molecule has 1 N–H and O–H groups in total. The first-order valence-corrected chi connectivity index (χ1v) is 4.45. The van der Waals surface area contributed by atoms with E-state index in [-0.39, 0.29) is 11.7 Å². The molecule has 0 bridgehead atoms. The standard InChI is InChI=1S/C10H12F3N/c1-3-6(2)14-7-4-8(11)10(13)9(12)5-7/h4-6,14H,3H2,1-2H3. The van der Waals surface area contributed by atoms with Crippen LogP contribution in [-0.4, -0.2) is 6.04 Å². The van der Waals surface area contributed by atoms with Gasteiger partial charge in [-0.2, -0.15) is 0 Å². The Labute approximate surface area is 80.9 Å². The highest BCUT2D eigenvalue weighted by Gasteiger charge is 2.10. The zero-order chi connectivity index (χ0) is 10.7. The van der Waals surface area contributed by atoms with Gasteiger partial charge in [0.15, 0.2) is 17.5 Å². The molecule has 1 aromatic carbocycles. The van der Waals surface area contributed by atoms with Crippen LogP contribution in [0.2, 0.25) is 0 Å². The van der Waals surface area contributed by atoms with Gasteiger partial charge in [0, 0.05) is 23.9 Å². The van der Waals surface area contributed by atoms with Crippen molar-refractivity contribution in [2.75, 3.05) is 5.32 Å². The van der Waals surface area contributed by atoms with Gasteiger partial charge in [-0.25, -0.2) is 13.2 Å². The molecule has 4 heteroatoms. The van der Waals surface area contributed by atoms with E-state index in [0.717, 1.165) is 18.6 Å². The maximum Gasteiger partial charge on any atom is 0.194 e. The van der Waals surface area contributed by atoms with Gasteiger partial charge in [0.1, 0.15) is 0 Å². The van der Waals surface area contributed by atoms with Gasteiger partial charge in [-0.05, 0) is 13.3 Å². The molecular weight excluding hydrogens is 191 g/mol. The highest BCUT2D eigenvalue weighted by molar-refractivity contribution is 5.44. The van der Waals surface area contributed by atoms with E-state index < -0.39 is 17.5 Å². The monoisotopic (exact) mass is 203 g/mol. The third kappa shape index (κ3) is 2.40. The van der Waals surface area contributed by atoms with E-state index >= 15 is 0 Å². The minimum atomic E-state index is -1.43. The number of benzene rings is 1. The summed E-state index contributed by atoms with van der Waals surface area (Å²) in [5.74, 6) is -3.77. The molecule has 1 atom stereocenters. The highest BCUT2D eigenvalue weighted by atomic mass is 19.2. The number of nitrogens with one attached hydrogen (secondary N) is 1. The third-order valence-electron chi connectivity index (χ3n) is 2.01. The van der Waals surface area contributed by atoms with E-state index in [1.54, 1.807) is 0 Å². The number of anilines is 1. The molecule has 0 aliphatic rings. The lowest BCUT2D eigenvalue weighted by molar-refractivity contribution is 0.447. The SMILES string of the molecule is CCC(C)Nc1cc(F)c(F)c(F)c1. The van der Waals surface area contributed by atoms with Crippen LogP contribution in [0.25, 0.3) is 0 Å². The molecule has 0 radical (unpaired) electrons. The topological polar surface area (TPSA) is 12.0 Å². The molecule has 1 rings (SSSR count). The second-order valence-corrected chi connectivity index (χ2v) is 3.21. The van der Waals surface area contributed by atoms with Crippen LogP contribution in [0, 0.1) is 17.5 Å². The molecule has 0 heterocycles. The van der Waals surface area contributed by atoms with E-state index in [0.29, 0.717) is 0 Å². The first-order chi connectivity index (χ1) is 6.54. The molecule has 0 spiro atoms. The smallest absolute Gasteiger partial charge is 0.194 e. The average molecular weight is 203 g/mol. The van der Waals surface area contributed by atoms with Gasteiger partial charge in [0.25, 0.3) is 0 Å². The van der Waals surface area contributed by atoms with Gasteiger partial charge < -0.3 is 5.32 Å². The maximum atomic E-state index is 12.7. The van der Waals surface area contributed by atoms with E-state index in [1.165, 1.54) is 0 Å². The Morgan fingerprint density at radius 3 is 2.14 bits per heavy atom. The van der Waals surface area contributed by atoms with Crippen molar-refractivity contribution in [3.63, 3.8) is 0 Å². The second kappa shape index (κ2) is 4.35. The van der Waals surface area contributed by atoms with Crippen LogP contribution in [0.15, 0.2) is 12.1 Å². The largest absolute Gasteiger partial charge is 0.382 e. The molecule has 1 unspecified atom stereocenters. The molecule has 1 nitrogen and oxygen atoms in total. The van der Waals surface area contributed by atoms with E-state index in [4.69, 9.17) is 0 Å². The average Bonchev–Trinajstić information content (AvgIpc) is 2.14. The number of hydrogen-bond acceptors (Lipinski definition) is 1. The summed E-state index contributed by atoms with van der Waals surface area (Å²) in [5, 5.41) is 2.85. The fourth-order valence-electron chi connectivity index (χ4n) is 1.03. The Bertz CT molecular complexity index is 302. The summed E-state index contributed by atoms with van der Waals surface area (Å²) < 4.78 is 38.0. The number of halogens is 3. The lowest BCUT2D eigenvalue weighted by atomic mass is 10.2. The fraction of sp³-hybridized carbons (Fsp3) is 0.400. The Hall–Kier alpha value is -1.19. The van der Waals surface area contributed by atoms with Gasteiger partial charge in [-0.3, -0.25) is 0 Å². The minimum absolute atomic E-state index is 0.0965. The van der Waals surface area contributed by atoms with Crippen molar-refractivity contribution in [3.8, 4) is 0 Å². The predicted molar refractivity (Wildman–Crippen MR) is 49.7 cm³/mol. The van der Waals surface area contributed by atoms with Gasteiger partial charge in [-0.15, -0.1) is 0 Å². The molecule has 0 saturated heterocycles. The van der Waals surface area contributed by atoms with E-state index in [1.807, 2.05) is 13.8 Å². The molecule has 14 heavy (non-hydrogen) atoms. The zero-order valence-electron chi connectivity index (χ0n) is 8.07. The van der Waals surface area contributed by atoms with E-state index in [9.17, 15) is 13.2 Å². The summed E-state index contributed by atoms with van der Waals surface area (Å²) in [6.45, 7) is 3.81. The van der Waals surface area contributed by atoms with Gasteiger partial charge in [0.05, 0.1) is 0 Å². The molecule has 78 valence electrons. The summed E-state index contributed by atoms with van der Waals surface area (Å²) in [6.07, 6.45) is 0.820. The van der Waals surface area contributed by atoms with Crippen molar-refractivity contribution >= 4 is 5.69 Å². The van der Waals surface area contributed by atoms with Crippen molar-refractivity contribution in [1.82, 2.24) is 0 Å².